The predicted octanol–water partition coefficient (Wildman–Crippen LogP) is 3.80. The maximum Gasteiger partial charge on any atom is 0.251 e. The highest BCUT2D eigenvalue weighted by Gasteiger charge is 2.23. The van der Waals surface area contributed by atoms with Gasteiger partial charge in [0.2, 0.25) is 10.0 Å². The molecule has 0 saturated carbocycles. The van der Waals surface area contributed by atoms with Crippen molar-refractivity contribution in [1.29, 1.82) is 0 Å². The number of carbonyl (C=O) groups is 1. The van der Waals surface area contributed by atoms with Crippen LogP contribution >= 0.6 is 11.3 Å². The van der Waals surface area contributed by atoms with Crippen molar-refractivity contribution in [1.82, 2.24) is 19.5 Å². The molecule has 1 amide bonds. The van der Waals surface area contributed by atoms with Crippen LogP contribution in [-0.4, -0.2) is 80.9 Å². The number of hydrogen-bond acceptors (Lipinski definition) is 7. The standard InChI is InChI=1S/C26H34FN5O3S2/c1-3-5-13-32(4-2)37(34,35)22-9-6-20(7-10-22)25(33)28-12-14-30-15-17-31(18-16-30)26-29-23-11-8-21(27)19-24(23)36-26/h6-11,19H,3-5,12-18H2,1-2H3,(H,28,33). The van der Waals surface area contributed by atoms with Gasteiger partial charge in [0, 0.05) is 57.9 Å². The first-order valence-electron chi connectivity index (χ1n) is 12.7. The van der Waals surface area contributed by atoms with Crippen LogP contribution in [0.5, 0.6) is 0 Å². The summed E-state index contributed by atoms with van der Waals surface area (Å²) >= 11 is 1.51. The highest BCUT2D eigenvalue weighted by molar-refractivity contribution is 7.89. The molecule has 0 spiro atoms. The van der Waals surface area contributed by atoms with Crippen LogP contribution in [0.15, 0.2) is 47.4 Å². The molecular formula is C26H34FN5O3S2. The van der Waals surface area contributed by atoms with E-state index in [9.17, 15) is 17.6 Å². The van der Waals surface area contributed by atoms with Gasteiger partial charge in [-0.2, -0.15) is 4.31 Å². The molecular weight excluding hydrogens is 513 g/mol. The number of nitrogens with one attached hydrogen (secondary N) is 1. The lowest BCUT2D eigenvalue weighted by Crippen LogP contribution is -2.48. The van der Waals surface area contributed by atoms with Crippen molar-refractivity contribution in [2.75, 3.05) is 57.3 Å². The smallest absolute Gasteiger partial charge is 0.251 e. The lowest BCUT2D eigenvalue weighted by Gasteiger charge is -2.34. The van der Waals surface area contributed by atoms with E-state index in [4.69, 9.17) is 0 Å². The average molecular weight is 548 g/mol. The second-order valence-corrected chi connectivity index (χ2v) is 12.0. The van der Waals surface area contributed by atoms with Crippen LogP contribution in [0.2, 0.25) is 0 Å². The van der Waals surface area contributed by atoms with Crippen LogP contribution in [0, 0.1) is 5.82 Å². The number of hydrogen-bond donors (Lipinski definition) is 1. The number of fused-ring (bicyclic) bond motifs is 1. The summed E-state index contributed by atoms with van der Waals surface area (Å²) in [4.78, 5) is 21.9. The van der Waals surface area contributed by atoms with Crippen molar-refractivity contribution < 1.29 is 17.6 Å². The van der Waals surface area contributed by atoms with E-state index in [1.807, 2.05) is 13.8 Å². The fraction of sp³-hybridized carbons (Fsp3) is 0.462. The van der Waals surface area contributed by atoms with Gasteiger partial charge in [-0.15, -0.1) is 0 Å². The van der Waals surface area contributed by atoms with Crippen LogP contribution in [0.4, 0.5) is 9.52 Å². The molecule has 11 heteroatoms. The largest absolute Gasteiger partial charge is 0.351 e. The number of sulfonamides is 1. The summed E-state index contributed by atoms with van der Waals surface area (Å²) in [6.45, 7) is 9.32. The molecule has 1 aromatic heterocycles. The van der Waals surface area contributed by atoms with E-state index >= 15 is 0 Å². The fourth-order valence-corrected chi connectivity index (χ4v) is 6.85. The molecule has 4 rings (SSSR count). The average Bonchev–Trinajstić information content (AvgIpc) is 3.32. The van der Waals surface area contributed by atoms with Crippen LogP contribution in [-0.2, 0) is 10.0 Å². The Labute approximate surface area is 222 Å². The number of amides is 1. The van der Waals surface area contributed by atoms with Crippen molar-refractivity contribution in [3.05, 3.63) is 53.8 Å². The quantitative estimate of drug-likeness (QED) is 0.393. The Balaban J connectivity index is 1.23. The molecule has 1 N–H and O–H groups in total. The third kappa shape index (κ3) is 6.64. The number of halogens is 1. The van der Waals surface area contributed by atoms with Crippen molar-refractivity contribution in [2.24, 2.45) is 0 Å². The van der Waals surface area contributed by atoms with Gasteiger partial charge in [-0.1, -0.05) is 31.6 Å². The molecule has 2 aromatic carbocycles. The van der Waals surface area contributed by atoms with Gasteiger partial charge < -0.3 is 10.2 Å². The minimum atomic E-state index is -3.56. The number of benzene rings is 2. The van der Waals surface area contributed by atoms with Gasteiger partial charge in [-0.05, 0) is 48.9 Å². The monoisotopic (exact) mass is 547 g/mol. The Morgan fingerprint density at radius 3 is 2.51 bits per heavy atom. The molecule has 200 valence electrons. The molecule has 1 saturated heterocycles. The molecule has 8 nitrogen and oxygen atoms in total. The number of thiazole rings is 1. The molecule has 1 fully saturated rings. The van der Waals surface area contributed by atoms with Gasteiger partial charge >= 0.3 is 0 Å². The minimum Gasteiger partial charge on any atom is -0.351 e. The molecule has 0 aliphatic carbocycles. The van der Waals surface area contributed by atoms with Crippen molar-refractivity contribution in [3.63, 3.8) is 0 Å². The first-order valence-corrected chi connectivity index (χ1v) is 15.0. The number of rotatable bonds is 11. The summed E-state index contributed by atoms with van der Waals surface area (Å²) in [7, 11) is -3.56. The summed E-state index contributed by atoms with van der Waals surface area (Å²) < 4.78 is 41.5. The summed E-state index contributed by atoms with van der Waals surface area (Å²) in [6.07, 6.45) is 1.73. The lowest BCUT2D eigenvalue weighted by molar-refractivity contribution is 0.0947. The summed E-state index contributed by atoms with van der Waals surface area (Å²) in [5, 5.41) is 3.84. The molecule has 37 heavy (non-hydrogen) atoms. The van der Waals surface area contributed by atoms with E-state index in [0.29, 0.717) is 25.2 Å². The van der Waals surface area contributed by atoms with Gasteiger partial charge in [0.25, 0.3) is 5.91 Å². The first-order chi connectivity index (χ1) is 17.8. The number of nitrogens with zero attached hydrogens (tertiary/aromatic N) is 4. The van der Waals surface area contributed by atoms with E-state index in [2.05, 4.69) is 20.1 Å². The Bertz CT molecular complexity index is 1310. The highest BCUT2D eigenvalue weighted by atomic mass is 32.2. The normalized spacial score (nSPS) is 15.0. The number of unbranched alkanes of at least 4 members (excludes halogenated alkanes) is 1. The molecule has 1 aliphatic heterocycles. The Morgan fingerprint density at radius 2 is 1.84 bits per heavy atom. The van der Waals surface area contributed by atoms with Gasteiger partial charge in [-0.25, -0.2) is 17.8 Å². The zero-order chi connectivity index (χ0) is 26.4. The number of anilines is 1. The van der Waals surface area contributed by atoms with Gasteiger partial charge in [-0.3, -0.25) is 9.69 Å². The maximum absolute atomic E-state index is 13.5. The zero-order valence-electron chi connectivity index (χ0n) is 21.3. The number of carbonyl (C=O) groups excluding carboxylic acids is 1. The van der Waals surface area contributed by atoms with E-state index in [-0.39, 0.29) is 16.6 Å². The van der Waals surface area contributed by atoms with Gasteiger partial charge in [0.1, 0.15) is 5.82 Å². The third-order valence-corrected chi connectivity index (χ3v) is 9.63. The number of piperazine rings is 1. The Hall–Kier alpha value is -2.60. The Kier molecular flexibility index (Phi) is 9.12. The van der Waals surface area contributed by atoms with Crippen LogP contribution < -0.4 is 10.2 Å². The van der Waals surface area contributed by atoms with E-state index in [1.165, 1.54) is 39.9 Å². The minimum absolute atomic E-state index is 0.207. The van der Waals surface area contributed by atoms with E-state index in [1.54, 1.807) is 18.2 Å². The van der Waals surface area contributed by atoms with Gasteiger partial charge in [0.15, 0.2) is 5.13 Å². The zero-order valence-corrected chi connectivity index (χ0v) is 23.0. The van der Waals surface area contributed by atoms with Crippen LogP contribution in [0.1, 0.15) is 37.0 Å². The second-order valence-electron chi connectivity index (χ2n) is 9.07. The fourth-order valence-electron chi connectivity index (χ4n) is 4.32. The second kappa shape index (κ2) is 12.3. The van der Waals surface area contributed by atoms with E-state index < -0.39 is 10.0 Å². The molecule has 1 aliphatic rings. The van der Waals surface area contributed by atoms with Gasteiger partial charge in [0.05, 0.1) is 15.1 Å². The topological polar surface area (TPSA) is 85.8 Å². The summed E-state index contributed by atoms with van der Waals surface area (Å²) in [5.74, 6) is -0.469. The molecule has 0 atom stereocenters. The van der Waals surface area contributed by atoms with Crippen molar-refractivity contribution in [3.8, 4) is 0 Å². The molecule has 0 unspecified atom stereocenters. The van der Waals surface area contributed by atoms with Crippen molar-refractivity contribution >= 4 is 42.6 Å². The van der Waals surface area contributed by atoms with Crippen LogP contribution in [0.3, 0.4) is 0 Å². The highest BCUT2D eigenvalue weighted by Crippen LogP contribution is 2.29. The Morgan fingerprint density at radius 1 is 1.11 bits per heavy atom. The summed E-state index contributed by atoms with van der Waals surface area (Å²) in [5.41, 5.74) is 1.25. The van der Waals surface area contributed by atoms with E-state index in [0.717, 1.165) is 60.9 Å². The van der Waals surface area contributed by atoms with Crippen molar-refractivity contribution in [2.45, 2.75) is 31.6 Å². The molecule has 2 heterocycles. The lowest BCUT2D eigenvalue weighted by atomic mass is 10.2. The predicted molar refractivity (Wildman–Crippen MR) is 146 cm³/mol. The van der Waals surface area contributed by atoms with Crippen LogP contribution in [0.25, 0.3) is 10.2 Å². The maximum atomic E-state index is 13.5. The molecule has 0 radical (unpaired) electrons. The SMILES string of the molecule is CCCCN(CC)S(=O)(=O)c1ccc(C(=O)NCCN2CCN(c3nc4ccc(F)cc4s3)CC2)cc1. The first kappa shape index (κ1) is 27.4. The number of aromatic nitrogens is 1. The molecule has 3 aromatic rings. The third-order valence-electron chi connectivity index (χ3n) is 6.56. The molecule has 0 bridgehead atoms. The summed E-state index contributed by atoms with van der Waals surface area (Å²) in [6, 6.07) is 10.8.